The summed E-state index contributed by atoms with van der Waals surface area (Å²) in [5.41, 5.74) is 4.38. The third kappa shape index (κ3) is 3.66. The predicted molar refractivity (Wildman–Crippen MR) is 112 cm³/mol. The number of carbonyl (C=O) groups is 1. The van der Waals surface area contributed by atoms with Crippen molar-refractivity contribution in [1.29, 1.82) is 0 Å². The molecule has 28 heavy (non-hydrogen) atoms. The van der Waals surface area contributed by atoms with Gasteiger partial charge < -0.3 is 15.0 Å². The van der Waals surface area contributed by atoms with E-state index in [1.165, 1.54) is 11.3 Å². The van der Waals surface area contributed by atoms with E-state index in [1.54, 1.807) is 37.7 Å². The lowest BCUT2D eigenvalue weighted by atomic mass is 10.0. The highest BCUT2D eigenvalue weighted by Crippen LogP contribution is 2.33. The standard InChI is InChI=1S/C22H20ClN3O2/c1-28-21-9-8-17(23)12-19(21)25-22(27)16-11-18(14-24-13-16)26-10-4-6-15-5-2-3-7-20(15)26/h2-3,5,7-9,11-14H,4,6,10H2,1H3,(H,25,27). The largest absolute Gasteiger partial charge is 0.495 e. The van der Waals surface area contributed by atoms with Crippen LogP contribution in [0, 0.1) is 0 Å². The van der Waals surface area contributed by atoms with Crippen molar-refractivity contribution in [3.63, 3.8) is 0 Å². The highest BCUT2D eigenvalue weighted by atomic mass is 35.5. The van der Waals surface area contributed by atoms with Crippen LogP contribution in [0.3, 0.4) is 0 Å². The van der Waals surface area contributed by atoms with Crippen LogP contribution in [0.1, 0.15) is 22.3 Å². The first kappa shape index (κ1) is 18.3. The zero-order valence-electron chi connectivity index (χ0n) is 15.5. The first-order valence-corrected chi connectivity index (χ1v) is 9.49. The number of hydrogen-bond acceptors (Lipinski definition) is 4. The summed E-state index contributed by atoms with van der Waals surface area (Å²) >= 11 is 6.05. The van der Waals surface area contributed by atoms with Crippen molar-refractivity contribution in [3.8, 4) is 5.75 Å². The van der Waals surface area contributed by atoms with Crippen LogP contribution in [0.5, 0.6) is 5.75 Å². The summed E-state index contributed by atoms with van der Waals surface area (Å²) in [4.78, 5) is 19.3. The average Bonchev–Trinajstić information content (AvgIpc) is 2.73. The molecule has 5 nitrogen and oxygen atoms in total. The topological polar surface area (TPSA) is 54.5 Å². The van der Waals surface area contributed by atoms with Gasteiger partial charge in [-0.05, 0) is 48.7 Å². The molecule has 0 bridgehead atoms. The number of aromatic nitrogens is 1. The van der Waals surface area contributed by atoms with Gasteiger partial charge in [0.15, 0.2) is 0 Å². The van der Waals surface area contributed by atoms with Gasteiger partial charge >= 0.3 is 0 Å². The Kier molecular flexibility index (Phi) is 5.17. The Morgan fingerprint density at radius 1 is 1.18 bits per heavy atom. The predicted octanol–water partition coefficient (Wildman–Crippen LogP) is 5.08. The molecule has 1 aliphatic heterocycles. The fourth-order valence-electron chi connectivity index (χ4n) is 3.47. The Hall–Kier alpha value is -3.05. The summed E-state index contributed by atoms with van der Waals surface area (Å²) < 4.78 is 5.30. The molecule has 0 saturated carbocycles. The van der Waals surface area contributed by atoms with E-state index in [1.807, 2.05) is 12.1 Å². The Bertz CT molecular complexity index is 1020. The number of fused-ring (bicyclic) bond motifs is 1. The van der Waals surface area contributed by atoms with Gasteiger partial charge in [-0.2, -0.15) is 0 Å². The summed E-state index contributed by atoms with van der Waals surface area (Å²) in [5.74, 6) is 0.284. The number of benzene rings is 2. The maximum Gasteiger partial charge on any atom is 0.257 e. The molecule has 0 aliphatic carbocycles. The highest BCUT2D eigenvalue weighted by molar-refractivity contribution is 6.31. The van der Waals surface area contributed by atoms with Crippen molar-refractivity contribution in [2.24, 2.45) is 0 Å². The van der Waals surface area contributed by atoms with Crippen molar-refractivity contribution in [2.75, 3.05) is 23.9 Å². The zero-order chi connectivity index (χ0) is 19.5. The lowest BCUT2D eigenvalue weighted by Crippen LogP contribution is -2.25. The number of nitrogens with zero attached hydrogens (tertiary/aromatic N) is 2. The van der Waals surface area contributed by atoms with Crippen LogP contribution in [0.4, 0.5) is 17.1 Å². The number of pyridine rings is 1. The van der Waals surface area contributed by atoms with E-state index in [0.29, 0.717) is 22.0 Å². The third-order valence-corrected chi connectivity index (χ3v) is 5.05. The number of rotatable bonds is 4. The number of halogens is 1. The molecule has 0 saturated heterocycles. The number of para-hydroxylation sites is 1. The summed E-state index contributed by atoms with van der Waals surface area (Å²) in [6, 6.07) is 15.3. The molecule has 4 rings (SSSR count). The Balaban J connectivity index is 1.61. The fourth-order valence-corrected chi connectivity index (χ4v) is 3.65. The van der Waals surface area contributed by atoms with Gasteiger partial charge in [0, 0.05) is 23.5 Å². The highest BCUT2D eigenvalue weighted by Gasteiger charge is 2.19. The molecule has 6 heteroatoms. The molecule has 1 amide bonds. The molecule has 0 fully saturated rings. The molecular weight excluding hydrogens is 374 g/mol. The van der Waals surface area contributed by atoms with Crippen LogP contribution in [-0.2, 0) is 6.42 Å². The number of ether oxygens (including phenoxy) is 1. The van der Waals surface area contributed by atoms with Gasteiger partial charge in [0.1, 0.15) is 5.75 Å². The van der Waals surface area contributed by atoms with E-state index in [0.717, 1.165) is 25.1 Å². The molecule has 0 unspecified atom stereocenters. The van der Waals surface area contributed by atoms with Crippen molar-refractivity contribution < 1.29 is 9.53 Å². The van der Waals surface area contributed by atoms with Gasteiger partial charge in [-0.1, -0.05) is 29.8 Å². The lowest BCUT2D eigenvalue weighted by molar-refractivity contribution is 0.102. The maximum atomic E-state index is 12.8. The molecule has 142 valence electrons. The second-order valence-electron chi connectivity index (χ2n) is 6.61. The third-order valence-electron chi connectivity index (χ3n) is 4.82. The lowest BCUT2D eigenvalue weighted by Gasteiger charge is -2.31. The van der Waals surface area contributed by atoms with Gasteiger partial charge in [-0.25, -0.2) is 0 Å². The van der Waals surface area contributed by atoms with E-state index < -0.39 is 0 Å². The molecule has 1 N–H and O–H groups in total. The smallest absolute Gasteiger partial charge is 0.257 e. The van der Waals surface area contributed by atoms with E-state index in [-0.39, 0.29) is 5.91 Å². The molecule has 3 aromatic rings. The van der Waals surface area contributed by atoms with E-state index in [4.69, 9.17) is 16.3 Å². The molecular formula is C22H20ClN3O2. The Morgan fingerprint density at radius 3 is 2.89 bits per heavy atom. The van der Waals surface area contributed by atoms with Crippen molar-refractivity contribution in [1.82, 2.24) is 4.98 Å². The van der Waals surface area contributed by atoms with E-state index in [9.17, 15) is 4.79 Å². The number of hydrogen-bond donors (Lipinski definition) is 1. The van der Waals surface area contributed by atoms with Crippen LogP contribution >= 0.6 is 11.6 Å². The monoisotopic (exact) mass is 393 g/mol. The van der Waals surface area contributed by atoms with E-state index >= 15 is 0 Å². The molecule has 0 spiro atoms. The van der Waals surface area contributed by atoms with E-state index in [2.05, 4.69) is 33.4 Å². The van der Waals surface area contributed by atoms with Crippen LogP contribution < -0.4 is 15.0 Å². The number of anilines is 3. The fraction of sp³-hybridized carbons (Fsp3) is 0.182. The second-order valence-corrected chi connectivity index (χ2v) is 7.05. The Labute approximate surface area is 168 Å². The summed E-state index contributed by atoms with van der Waals surface area (Å²) in [5, 5.41) is 3.38. The van der Waals surface area contributed by atoms with Crippen LogP contribution in [0.2, 0.25) is 5.02 Å². The number of methoxy groups -OCH3 is 1. The van der Waals surface area contributed by atoms with Gasteiger partial charge in [0.2, 0.25) is 0 Å². The first-order valence-electron chi connectivity index (χ1n) is 9.11. The number of amides is 1. The molecule has 0 atom stereocenters. The normalized spacial score (nSPS) is 13.0. The Morgan fingerprint density at radius 2 is 2.04 bits per heavy atom. The van der Waals surface area contributed by atoms with Gasteiger partial charge in [0.25, 0.3) is 5.91 Å². The average molecular weight is 394 g/mol. The molecule has 2 aromatic carbocycles. The maximum absolute atomic E-state index is 12.8. The summed E-state index contributed by atoms with van der Waals surface area (Å²) in [7, 11) is 1.55. The first-order chi connectivity index (χ1) is 13.7. The summed E-state index contributed by atoms with van der Waals surface area (Å²) in [6.07, 6.45) is 5.48. The van der Waals surface area contributed by atoms with Gasteiger partial charge in [-0.3, -0.25) is 9.78 Å². The molecule has 1 aromatic heterocycles. The number of nitrogens with one attached hydrogen (secondary N) is 1. The van der Waals surface area contributed by atoms with Gasteiger partial charge in [0.05, 0.1) is 30.2 Å². The molecule has 2 heterocycles. The van der Waals surface area contributed by atoms with Crippen LogP contribution in [0.15, 0.2) is 60.9 Å². The van der Waals surface area contributed by atoms with Crippen molar-refractivity contribution in [3.05, 3.63) is 77.1 Å². The van der Waals surface area contributed by atoms with Crippen molar-refractivity contribution >= 4 is 34.6 Å². The zero-order valence-corrected chi connectivity index (χ0v) is 16.2. The van der Waals surface area contributed by atoms with Crippen molar-refractivity contribution in [2.45, 2.75) is 12.8 Å². The minimum Gasteiger partial charge on any atom is -0.495 e. The minimum absolute atomic E-state index is 0.264. The minimum atomic E-state index is -0.264. The quantitative estimate of drug-likeness (QED) is 0.671. The van der Waals surface area contributed by atoms with Crippen LogP contribution in [-0.4, -0.2) is 24.5 Å². The number of aryl methyl sites for hydroxylation is 1. The SMILES string of the molecule is COc1ccc(Cl)cc1NC(=O)c1cncc(N2CCCc3ccccc32)c1. The van der Waals surface area contributed by atoms with Crippen LogP contribution in [0.25, 0.3) is 0 Å². The molecule has 1 aliphatic rings. The second kappa shape index (κ2) is 7.90. The number of carbonyl (C=O) groups excluding carboxylic acids is 1. The van der Waals surface area contributed by atoms with Gasteiger partial charge in [-0.15, -0.1) is 0 Å². The molecule has 0 radical (unpaired) electrons. The summed E-state index contributed by atoms with van der Waals surface area (Å²) in [6.45, 7) is 0.895.